The number of sulfonamides is 2. The lowest BCUT2D eigenvalue weighted by Gasteiger charge is -2.16. The fraction of sp³-hybridized carbons (Fsp3) is 0.182. The molecule has 0 aliphatic heterocycles. The highest BCUT2D eigenvalue weighted by molar-refractivity contribution is 7.93. The molecule has 2 N–H and O–H groups in total. The molecule has 0 amide bonds. The summed E-state index contributed by atoms with van der Waals surface area (Å²) in [4.78, 5) is -0.0529. The zero-order valence-corrected chi connectivity index (χ0v) is 19.7. The summed E-state index contributed by atoms with van der Waals surface area (Å²) >= 11 is 0. The standard InChI is InChI=1S/C22H24N2O6S2/c1-15-9-10-16(2)22(13-15)32(27,28)24-19-14-17(11-12-21(19)30-4)31(25,26)23-18-7-5-6-8-20(18)29-3/h5-14,23-24H,1-4H3. The van der Waals surface area contributed by atoms with Gasteiger partial charge in [0.15, 0.2) is 0 Å². The molecular weight excluding hydrogens is 452 g/mol. The number of anilines is 2. The maximum absolute atomic E-state index is 13.0. The van der Waals surface area contributed by atoms with Gasteiger partial charge in [0.1, 0.15) is 11.5 Å². The first kappa shape index (κ1) is 23.4. The van der Waals surface area contributed by atoms with Crippen molar-refractivity contribution in [2.45, 2.75) is 23.6 Å². The Morgan fingerprint density at radius 1 is 0.688 bits per heavy atom. The van der Waals surface area contributed by atoms with E-state index in [2.05, 4.69) is 9.44 Å². The molecule has 0 aliphatic carbocycles. The Hall–Kier alpha value is -3.24. The fourth-order valence-electron chi connectivity index (χ4n) is 3.06. The second-order valence-corrected chi connectivity index (χ2v) is 10.4. The molecule has 0 unspecified atom stereocenters. The number of hydrogen-bond acceptors (Lipinski definition) is 6. The molecule has 8 nitrogen and oxygen atoms in total. The summed E-state index contributed by atoms with van der Waals surface area (Å²) in [5.41, 5.74) is 1.59. The normalized spacial score (nSPS) is 11.6. The number of para-hydroxylation sites is 2. The smallest absolute Gasteiger partial charge is 0.262 e. The molecule has 0 bridgehead atoms. The number of ether oxygens (including phenoxy) is 2. The predicted octanol–water partition coefficient (Wildman–Crippen LogP) is 3.92. The van der Waals surface area contributed by atoms with Crippen LogP contribution < -0.4 is 18.9 Å². The molecule has 32 heavy (non-hydrogen) atoms. The first-order chi connectivity index (χ1) is 15.1. The lowest BCUT2D eigenvalue weighted by molar-refractivity contribution is 0.416. The van der Waals surface area contributed by atoms with Gasteiger partial charge in [-0.2, -0.15) is 0 Å². The minimum atomic E-state index is -4.05. The third-order valence-corrected chi connectivity index (χ3v) is 7.58. The number of methoxy groups -OCH3 is 2. The number of hydrogen-bond donors (Lipinski definition) is 2. The Morgan fingerprint density at radius 3 is 2.00 bits per heavy atom. The van der Waals surface area contributed by atoms with Gasteiger partial charge in [0.2, 0.25) is 0 Å². The van der Waals surface area contributed by atoms with Crippen molar-refractivity contribution in [1.29, 1.82) is 0 Å². The van der Waals surface area contributed by atoms with Gasteiger partial charge in [0.05, 0.1) is 35.4 Å². The average molecular weight is 477 g/mol. The van der Waals surface area contributed by atoms with Gasteiger partial charge in [-0.05, 0) is 61.4 Å². The second-order valence-electron chi connectivity index (χ2n) is 7.04. The van der Waals surface area contributed by atoms with Gasteiger partial charge in [-0.15, -0.1) is 0 Å². The van der Waals surface area contributed by atoms with E-state index < -0.39 is 20.0 Å². The van der Waals surface area contributed by atoms with Crippen LogP contribution in [0.3, 0.4) is 0 Å². The van der Waals surface area contributed by atoms with Gasteiger partial charge in [0.25, 0.3) is 20.0 Å². The van der Waals surface area contributed by atoms with Crippen LogP contribution in [0, 0.1) is 13.8 Å². The van der Waals surface area contributed by atoms with E-state index in [4.69, 9.17) is 9.47 Å². The third kappa shape index (κ3) is 4.97. The molecule has 0 aromatic heterocycles. The van der Waals surface area contributed by atoms with Crippen LogP contribution >= 0.6 is 0 Å². The topological polar surface area (TPSA) is 111 Å². The minimum absolute atomic E-state index is 0.00342. The molecule has 3 rings (SSSR count). The van der Waals surface area contributed by atoms with E-state index in [0.717, 1.165) is 5.56 Å². The molecule has 0 saturated heterocycles. The van der Waals surface area contributed by atoms with Crippen molar-refractivity contribution in [3.05, 3.63) is 71.8 Å². The highest BCUT2D eigenvalue weighted by Gasteiger charge is 2.23. The lowest BCUT2D eigenvalue weighted by Crippen LogP contribution is -2.17. The number of aryl methyl sites for hydroxylation is 2. The summed E-state index contributed by atoms with van der Waals surface area (Å²) in [6.07, 6.45) is 0. The zero-order chi connectivity index (χ0) is 23.5. The molecule has 0 fully saturated rings. The van der Waals surface area contributed by atoms with Crippen LogP contribution in [0.25, 0.3) is 0 Å². The maximum Gasteiger partial charge on any atom is 0.262 e. The summed E-state index contributed by atoms with van der Waals surface area (Å²) in [6.45, 7) is 3.47. The Kier molecular flexibility index (Phi) is 6.65. The largest absolute Gasteiger partial charge is 0.495 e. The summed E-state index contributed by atoms with van der Waals surface area (Å²) < 4.78 is 67.3. The number of nitrogens with one attached hydrogen (secondary N) is 2. The van der Waals surface area contributed by atoms with E-state index in [1.54, 1.807) is 50.2 Å². The molecule has 3 aromatic rings. The minimum Gasteiger partial charge on any atom is -0.495 e. The van der Waals surface area contributed by atoms with Crippen LogP contribution in [0.4, 0.5) is 11.4 Å². The highest BCUT2D eigenvalue weighted by atomic mass is 32.2. The van der Waals surface area contributed by atoms with E-state index in [1.807, 2.05) is 6.07 Å². The van der Waals surface area contributed by atoms with Crippen LogP contribution in [0.1, 0.15) is 11.1 Å². The lowest BCUT2D eigenvalue weighted by atomic mass is 10.2. The van der Waals surface area contributed by atoms with Gasteiger partial charge in [-0.1, -0.05) is 24.3 Å². The predicted molar refractivity (Wildman–Crippen MR) is 124 cm³/mol. The van der Waals surface area contributed by atoms with E-state index >= 15 is 0 Å². The third-order valence-electron chi connectivity index (χ3n) is 4.71. The van der Waals surface area contributed by atoms with Crippen molar-refractivity contribution < 1.29 is 26.3 Å². The first-order valence-electron chi connectivity index (χ1n) is 9.51. The van der Waals surface area contributed by atoms with Crippen LogP contribution in [-0.4, -0.2) is 31.1 Å². The molecular formula is C22H24N2O6S2. The SMILES string of the molecule is COc1ccccc1NS(=O)(=O)c1ccc(OC)c(NS(=O)(=O)c2cc(C)ccc2C)c1. The van der Waals surface area contributed by atoms with Crippen molar-refractivity contribution in [2.75, 3.05) is 23.7 Å². The van der Waals surface area contributed by atoms with E-state index in [9.17, 15) is 16.8 Å². The molecule has 3 aromatic carbocycles. The first-order valence-corrected chi connectivity index (χ1v) is 12.5. The van der Waals surface area contributed by atoms with Gasteiger partial charge >= 0.3 is 0 Å². The van der Waals surface area contributed by atoms with Crippen LogP contribution in [0.2, 0.25) is 0 Å². The molecule has 0 spiro atoms. The molecule has 0 saturated carbocycles. The van der Waals surface area contributed by atoms with Crippen molar-refractivity contribution in [3.63, 3.8) is 0 Å². The van der Waals surface area contributed by atoms with Crippen molar-refractivity contribution >= 4 is 31.4 Å². The Balaban J connectivity index is 2.01. The van der Waals surface area contributed by atoms with Gasteiger partial charge in [0, 0.05) is 0 Å². The molecule has 0 aliphatic rings. The van der Waals surface area contributed by atoms with Gasteiger partial charge in [-0.3, -0.25) is 9.44 Å². The van der Waals surface area contributed by atoms with E-state index in [1.165, 1.54) is 32.4 Å². The van der Waals surface area contributed by atoms with Crippen LogP contribution in [0.15, 0.2) is 70.5 Å². The Labute approximate surface area is 188 Å². The number of rotatable bonds is 8. The molecule has 0 atom stereocenters. The van der Waals surface area contributed by atoms with Crippen molar-refractivity contribution in [3.8, 4) is 11.5 Å². The van der Waals surface area contributed by atoms with Gasteiger partial charge in [-0.25, -0.2) is 16.8 Å². The van der Waals surface area contributed by atoms with E-state index in [0.29, 0.717) is 11.3 Å². The maximum atomic E-state index is 13.0. The quantitative estimate of drug-likeness (QED) is 0.510. The van der Waals surface area contributed by atoms with Crippen molar-refractivity contribution in [1.82, 2.24) is 0 Å². The Morgan fingerprint density at radius 2 is 1.31 bits per heavy atom. The molecule has 10 heteroatoms. The Bertz CT molecular complexity index is 1350. The van der Waals surface area contributed by atoms with E-state index in [-0.39, 0.29) is 26.9 Å². The second kappa shape index (κ2) is 9.09. The summed E-state index contributed by atoms with van der Waals surface area (Å²) in [6, 6.07) is 15.5. The molecule has 0 radical (unpaired) electrons. The molecule has 0 heterocycles. The summed E-state index contributed by atoms with van der Waals surface area (Å²) in [5.74, 6) is 0.524. The average Bonchev–Trinajstić information content (AvgIpc) is 2.75. The van der Waals surface area contributed by atoms with Gasteiger partial charge < -0.3 is 9.47 Å². The number of benzene rings is 3. The molecule has 170 valence electrons. The van der Waals surface area contributed by atoms with Crippen LogP contribution in [-0.2, 0) is 20.0 Å². The zero-order valence-electron chi connectivity index (χ0n) is 18.0. The fourth-order valence-corrected chi connectivity index (χ4v) is 5.55. The summed E-state index contributed by atoms with van der Waals surface area (Å²) in [7, 11) is -5.25. The highest BCUT2D eigenvalue weighted by Crippen LogP contribution is 2.32. The van der Waals surface area contributed by atoms with Crippen LogP contribution in [0.5, 0.6) is 11.5 Å². The van der Waals surface area contributed by atoms with Crippen molar-refractivity contribution in [2.24, 2.45) is 0 Å². The summed E-state index contributed by atoms with van der Waals surface area (Å²) in [5, 5.41) is 0. The monoisotopic (exact) mass is 476 g/mol.